The Labute approximate surface area is 130 Å². The van der Waals surface area contributed by atoms with Gasteiger partial charge in [-0.05, 0) is 25.5 Å². The van der Waals surface area contributed by atoms with E-state index in [1.165, 1.54) is 11.8 Å². The van der Waals surface area contributed by atoms with Gasteiger partial charge in [0.1, 0.15) is 23.7 Å². The molecule has 2 N–H and O–H groups in total. The molecule has 1 aromatic carbocycles. The van der Waals surface area contributed by atoms with Gasteiger partial charge < -0.3 is 19.7 Å². The largest absolute Gasteiger partial charge is 0.387 e. The third-order valence-corrected chi connectivity index (χ3v) is 4.75. The van der Waals surface area contributed by atoms with Gasteiger partial charge in [0.25, 0.3) is 0 Å². The smallest absolute Gasteiger partial charge is 0.136 e. The van der Waals surface area contributed by atoms with Crippen LogP contribution in [0.15, 0.2) is 35.2 Å². The van der Waals surface area contributed by atoms with Crippen molar-refractivity contribution in [1.29, 1.82) is 0 Å². The standard InChI is InChI=1S/C16H24O4S/c1-3-4-10-19-15-11(2)20-16(14(18)13(15)17)21-12-8-6-5-7-9-12/h5-9,11,13-18H,3-4,10H2,1-2H3/t11-,13-,14+,15-,16-/m0/s1. The van der Waals surface area contributed by atoms with E-state index in [0.717, 1.165) is 17.7 Å². The van der Waals surface area contributed by atoms with Gasteiger partial charge in [-0.25, -0.2) is 0 Å². The van der Waals surface area contributed by atoms with Crippen LogP contribution >= 0.6 is 11.8 Å². The number of benzene rings is 1. The van der Waals surface area contributed by atoms with Crippen LogP contribution in [0.2, 0.25) is 0 Å². The molecule has 0 bridgehead atoms. The predicted octanol–water partition coefficient (Wildman–Crippen LogP) is 2.43. The SMILES string of the molecule is CCCCO[C@@H]1[C@@H](O)[C@@H](O)[C@H](Sc2ccccc2)O[C@H]1C. The lowest BCUT2D eigenvalue weighted by Gasteiger charge is -2.41. The first-order chi connectivity index (χ1) is 10.1. The van der Waals surface area contributed by atoms with Gasteiger partial charge in [0.15, 0.2) is 0 Å². The first-order valence-electron chi connectivity index (χ1n) is 7.48. The van der Waals surface area contributed by atoms with E-state index in [1.807, 2.05) is 37.3 Å². The fourth-order valence-corrected chi connectivity index (χ4v) is 3.44. The molecule has 0 unspecified atom stereocenters. The van der Waals surface area contributed by atoms with Crippen molar-refractivity contribution in [3.63, 3.8) is 0 Å². The minimum absolute atomic E-state index is 0.249. The van der Waals surface area contributed by atoms with E-state index in [1.54, 1.807) is 0 Å². The maximum Gasteiger partial charge on any atom is 0.136 e. The molecule has 2 rings (SSSR count). The van der Waals surface area contributed by atoms with Crippen molar-refractivity contribution in [3.8, 4) is 0 Å². The zero-order chi connectivity index (χ0) is 15.2. The average molecular weight is 312 g/mol. The molecule has 0 saturated carbocycles. The van der Waals surface area contributed by atoms with Crippen molar-refractivity contribution in [1.82, 2.24) is 0 Å². The zero-order valence-electron chi connectivity index (χ0n) is 12.5. The summed E-state index contributed by atoms with van der Waals surface area (Å²) in [5.74, 6) is 0. The number of unbranched alkanes of at least 4 members (excludes halogenated alkanes) is 1. The van der Waals surface area contributed by atoms with Gasteiger partial charge in [-0.2, -0.15) is 0 Å². The van der Waals surface area contributed by atoms with Crippen LogP contribution in [0.25, 0.3) is 0 Å². The van der Waals surface area contributed by atoms with E-state index in [0.29, 0.717) is 6.61 Å². The lowest BCUT2D eigenvalue weighted by Crippen LogP contribution is -2.56. The van der Waals surface area contributed by atoms with Crippen molar-refractivity contribution in [2.75, 3.05) is 6.61 Å². The lowest BCUT2D eigenvalue weighted by molar-refractivity contribution is -0.208. The topological polar surface area (TPSA) is 58.9 Å². The molecule has 0 aromatic heterocycles. The highest BCUT2D eigenvalue weighted by Crippen LogP contribution is 2.34. The molecule has 1 aliphatic rings. The second kappa shape index (κ2) is 8.15. The number of hydrogen-bond acceptors (Lipinski definition) is 5. The molecule has 0 amide bonds. The van der Waals surface area contributed by atoms with Gasteiger partial charge in [-0.3, -0.25) is 0 Å². The van der Waals surface area contributed by atoms with Crippen LogP contribution in [0, 0.1) is 0 Å². The molecule has 0 aliphatic carbocycles. The molecule has 118 valence electrons. The Morgan fingerprint density at radius 3 is 2.57 bits per heavy atom. The maximum absolute atomic E-state index is 10.3. The van der Waals surface area contributed by atoms with Crippen molar-refractivity contribution in [2.45, 2.75) is 61.4 Å². The van der Waals surface area contributed by atoms with Gasteiger partial charge in [-0.1, -0.05) is 43.3 Å². The minimum Gasteiger partial charge on any atom is -0.387 e. The van der Waals surface area contributed by atoms with Crippen molar-refractivity contribution in [3.05, 3.63) is 30.3 Å². The molecule has 21 heavy (non-hydrogen) atoms. The number of aliphatic hydroxyl groups is 2. The summed E-state index contributed by atoms with van der Waals surface area (Å²) in [7, 11) is 0. The van der Waals surface area contributed by atoms with Gasteiger partial charge in [0, 0.05) is 11.5 Å². The van der Waals surface area contributed by atoms with Gasteiger partial charge >= 0.3 is 0 Å². The third kappa shape index (κ3) is 4.44. The van der Waals surface area contributed by atoms with Gasteiger partial charge in [0.2, 0.25) is 0 Å². The molecule has 4 nitrogen and oxygen atoms in total. The maximum atomic E-state index is 10.3. The molecule has 1 heterocycles. The summed E-state index contributed by atoms with van der Waals surface area (Å²) in [5.41, 5.74) is -0.483. The number of aliphatic hydroxyl groups excluding tert-OH is 2. The van der Waals surface area contributed by atoms with Gasteiger partial charge in [-0.15, -0.1) is 0 Å². The molecule has 1 fully saturated rings. The summed E-state index contributed by atoms with van der Waals surface area (Å²) in [5, 5.41) is 20.6. The highest BCUT2D eigenvalue weighted by Gasteiger charge is 2.43. The summed E-state index contributed by atoms with van der Waals surface area (Å²) in [6.45, 7) is 4.54. The van der Waals surface area contributed by atoms with Crippen LogP contribution in [0.1, 0.15) is 26.7 Å². The van der Waals surface area contributed by atoms with Crippen LogP contribution in [-0.2, 0) is 9.47 Å². The summed E-state index contributed by atoms with van der Waals surface area (Å²) < 4.78 is 11.5. The van der Waals surface area contributed by atoms with E-state index in [4.69, 9.17) is 9.47 Å². The molecule has 0 spiro atoms. The quantitative estimate of drug-likeness (QED) is 0.790. The lowest BCUT2D eigenvalue weighted by atomic mass is 10.0. The van der Waals surface area contributed by atoms with Crippen molar-refractivity contribution >= 4 is 11.8 Å². The van der Waals surface area contributed by atoms with Crippen LogP contribution in [0.5, 0.6) is 0 Å². The molecule has 1 aromatic rings. The average Bonchev–Trinajstić information content (AvgIpc) is 2.49. The molecular weight excluding hydrogens is 288 g/mol. The Bertz CT molecular complexity index is 414. The Balaban J connectivity index is 1.95. The van der Waals surface area contributed by atoms with Crippen molar-refractivity contribution < 1.29 is 19.7 Å². The highest BCUT2D eigenvalue weighted by molar-refractivity contribution is 7.99. The van der Waals surface area contributed by atoms with E-state index in [2.05, 4.69) is 6.92 Å². The number of ether oxygens (including phenoxy) is 2. The van der Waals surface area contributed by atoms with Gasteiger partial charge in [0.05, 0.1) is 6.10 Å². The van der Waals surface area contributed by atoms with Crippen LogP contribution < -0.4 is 0 Å². The fourth-order valence-electron chi connectivity index (χ4n) is 2.33. The second-order valence-corrected chi connectivity index (χ2v) is 6.48. The van der Waals surface area contributed by atoms with E-state index >= 15 is 0 Å². The summed E-state index contributed by atoms with van der Waals surface area (Å²) >= 11 is 1.42. The highest BCUT2D eigenvalue weighted by atomic mass is 32.2. The van der Waals surface area contributed by atoms with Crippen LogP contribution in [-0.4, -0.2) is 46.7 Å². The molecule has 5 atom stereocenters. The summed E-state index contributed by atoms with van der Waals surface area (Å²) in [6.07, 6.45) is -0.632. The minimum atomic E-state index is -0.960. The van der Waals surface area contributed by atoms with Crippen molar-refractivity contribution in [2.24, 2.45) is 0 Å². The number of thioether (sulfide) groups is 1. The first-order valence-corrected chi connectivity index (χ1v) is 8.36. The molecule has 0 radical (unpaired) electrons. The number of hydrogen-bond donors (Lipinski definition) is 2. The Morgan fingerprint density at radius 2 is 1.90 bits per heavy atom. The Kier molecular flexibility index (Phi) is 6.51. The fraction of sp³-hybridized carbons (Fsp3) is 0.625. The molecular formula is C16H24O4S. The monoisotopic (exact) mass is 312 g/mol. The third-order valence-electron chi connectivity index (χ3n) is 3.58. The number of rotatable bonds is 6. The molecule has 1 saturated heterocycles. The predicted molar refractivity (Wildman–Crippen MR) is 83.3 cm³/mol. The second-order valence-electron chi connectivity index (χ2n) is 5.31. The summed E-state index contributed by atoms with van der Waals surface area (Å²) in [4.78, 5) is 1.01. The van der Waals surface area contributed by atoms with E-state index in [9.17, 15) is 10.2 Å². The zero-order valence-corrected chi connectivity index (χ0v) is 13.3. The Hall–Kier alpha value is -0.590. The molecule has 5 heteroatoms. The molecule has 1 aliphatic heterocycles. The van der Waals surface area contributed by atoms with E-state index in [-0.39, 0.29) is 6.10 Å². The van der Waals surface area contributed by atoms with Crippen LogP contribution in [0.3, 0.4) is 0 Å². The summed E-state index contributed by atoms with van der Waals surface area (Å²) in [6, 6.07) is 9.74. The Morgan fingerprint density at radius 1 is 1.19 bits per heavy atom. The first kappa shape index (κ1) is 16.8. The normalized spacial score (nSPS) is 33.0. The van der Waals surface area contributed by atoms with E-state index < -0.39 is 23.7 Å². The van der Waals surface area contributed by atoms with Crippen LogP contribution in [0.4, 0.5) is 0 Å².